The van der Waals surface area contributed by atoms with Crippen molar-refractivity contribution in [1.82, 2.24) is 4.57 Å². The number of anilines is 6. The highest BCUT2D eigenvalue weighted by molar-refractivity contribution is 7.26. The number of fused-ring (bicyclic) bond motifs is 12. The van der Waals surface area contributed by atoms with Crippen molar-refractivity contribution in [3.05, 3.63) is 261 Å². The van der Waals surface area contributed by atoms with Gasteiger partial charge in [-0.05, 0) is 160 Å². The molecule has 73 heavy (non-hydrogen) atoms. The van der Waals surface area contributed by atoms with Gasteiger partial charge >= 0.3 is 0 Å². The summed E-state index contributed by atoms with van der Waals surface area (Å²) < 4.78 is 11.4. The minimum atomic E-state index is 0.864. The summed E-state index contributed by atoms with van der Waals surface area (Å²) in [4.78, 5) is 4.79. The van der Waals surface area contributed by atoms with Crippen LogP contribution in [0.3, 0.4) is 0 Å². The van der Waals surface area contributed by atoms with Crippen LogP contribution in [0.4, 0.5) is 34.1 Å². The second kappa shape index (κ2) is 16.6. The van der Waals surface area contributed by atoms with Gasteiger partial charge in [0.25, 0.3) is 0 Å². The highest BCUT2D eigenvalue weighted by Gasteiger charge is 2.23. The summed E-state index contributed by atoms with van der Waals surface area (Å²) in [5.74, 6) is 0. The third-order valence-corrected chi connectivity index (χ3v) is 15.8. The molecule has 0 aliphatic carbocycles. The van der Waals surface area contributed by atoms with Gasteiger partial charge in [0, 0.05) is 81.5 Å². The number of furan rings is 1. The lowest BCUT2D eigenvalue weighted by Crippen LogP contribution is -2.13. The first-order valence-electron chi connectivity index (χ1n) is 24.8. The summed E-state index contributed by atoms with van der Waals surface area (Å²) >= 11 is 1.87. The monoisotopic (exact) mass is 949 g/mol. The Morgan fingerprint density at radius 1 is 0.301 bits per heavy atom. The molecule has 15 rings (SSSR count). The van der Waals surface area contributed by atoms with Crippen LogP contribution in [-0.2, 0) is 0 Å². The zero-order chi connectivity index (χ0) is 48.0. The summed E-state index contributed by atoms with van der Waals surface area (Å²) in [6, 6.07) is 95.0. The minimum absolute atomic E-state index is 0.864. The predicted molar refractivity (Wildman–Crippen MR) is 311 cm³/mol. The molecule has 4 nitrogen and oxygen atoms in total. The Balaban J connectivity index is 1.01. The van der Waals surface area contributed by atoms with E-state index in [2.05, 4.69) is 263 Å². The topological polar surface area (TPSA) is 24.6 Å². The number of thiophene rings is 1. The maximum absolute atomic E-state index is 6.38. The van der Waals surface area contributed by atoms with Gasteiger partial charge in [0.1, 0.15) is 11.2 Å². The molecule has 0 N–H and O–H groups in total. The van der Waals surface area contributed by atoms with Gasteiger partial charge in [0.05, 0.1) is 11.0 Å². The standard InChI is InChI=1S/C68H43N3OS/c1-4-18-49(19-5-1)69(52-31-28-44-16-10-11-17-45(44)36-52)54-37-48(38-55(41-54)70(50-20-6-2-7-21-50)53-32-34-65-61(42-53)56-24-12-14-26-64(56)72-65)46-29-33-62-59(39-46)60-43-58-47(40-63(60)71(62)51-22-8-3-9-23-51)30-35-67-68(58)57-25-13-15-27-66(57)73-67/h1-43H. The number of aromatic nitrogens is 1. The van der Waals surface area contributed by atoms with Crippen LogP contribution in [0.2, 0.25) is 0 Å². The second-order valence-electron chi connectivity index (χ2n) is 18.9. The molecule has 0 aliphatic heterocycles. The molecule has 0 spiro atoms. The first-order valence-corrected chi connectivity index (χ1v) is 25.6. The molecule has 0 aliphatic rings. The van der Waals surface area contributed by atoms with Crippen molar-refractivity contribution < 1.29 is 4.42 Å². The predicted octanol–water partition coefficient (Wildman–Crippen LogP) is 20.0. The van der Waals surface area contributed by atoms with Crippen molar-refractivity contribution in [3.8, 4) is 16.8 Å². The Kier molecular flexibility index (Phi) is 9.41. The molecule has 0 unspecified atom stereocenters. The Hall–Kier alpha value is -9.42. The first-order chi connectivity index (χ1) is 36.2. The molecule has 342 valence electrons. The van der Waals surface area contributed by atoms with Gasteiger partial charge in [-0.2, -0.15) is 0 Å². The van der Waals surface area contributed by atoms with Crippen LogP contribution in [0.1, 0.15) is 0 Å². The Bertz CT molecular complexity index is 4630. The summed E-state index contributed by atoms with van der Waals surface area (Å²) in [5.41, 5.74) is 13.7. The molecule has 0 fully saturated rings. The number of hydrogen-bond acceptors (Lipinski definition) is 4. The fourth-order valence-corrected chi connectivity index (χ4v) is 12.5. The molecule has 5 heteroatoms. The molecule has 0 saturated carbocycles. The van der Waals surface area contributed by atoms with Crippen LogP contribution >= 0.6 is 11.3 Å². The van der Waals surface area contributed by atoms with E-state index in [1.165, 1.54) is 58.0 Å². The van der Waals surface area contributed by atoms with Crippen LogP contribution in [0, 0.1) is 0 Å². The maximum atomic E-state index is 6.38. The molecule has 0 saturated heterocycles. The van der Waals surface area contributed by atoms with Crippen LogP contribution in [0.25, 0.3) is 102 Å². The third-order valence-electron chi connectivity index (χ3n) is 14.6. The van der Waals surface area contributed by atoms with Crippen molar-refractivity contribution >= 4 is 131 Å². The van der Waals surface area contributed by atoms with Gasteiger partial charge in [-0.15, -0.1) is 11.3 Å². The van der Waals surface area contributed by atoms with E-state index >= 15 is 0 Å². The van der Waals surface area contributed by atoms with E-state index in [-0.39, 0.29) is 0 Å². The molecule has 3 aromatic heterocycles. The van der Waals surface area contributed by atoms with E-state index in [0.717, 1.165) is 78.4 Å². The molecule has 3 heterocycles. The molecule has 0 atom stereocenters. The van der Waals surface area contributed by atoms with Gasteiger partial charge in [-0.1, -0.05) is 133 Å². The summed E-state index contributed by atoms with van der Waals surface area (Å²) in [6.45, 7) is 0. The first kappa shape index (κ1) is 41.4. The zero-order valence-electron chi connectivity index (χ0n) is 39.5. The van der Waals surface area contributed by atoms with E-state index in [0.29, 0.717) is 0 Å². The molecule has 15 aromatic rings. The van der Waals surface area contributed by atoms with Gasteiger partial charge in [-0.25, -0.2) is 0 Å². The lowest BCUT2D eigenvalue weighted by atomic mass is 9.98. The van der Waals surface area contributed by atoms with Crippen LogP contribution < -0.4 is 9.80 Å². The lowest BCUT2D eigenvalue weighted by molar-refractivity contribution is 0.669. The van der Waals surface area contributed by atoms with Crippen molar-refractivity contribution in [2.45, 2.75) is 0 Å². The molecular formula is C68H43N3OS. The van der Waals surface area contributed by atoms with Crippen molar-refractivity contribution in [1.29, 1.82) is 0 Å². The Labute approximate surface area is 425 Å². The van der Waals surface area contributed by atoms with Crippen molar-refractivity contribution in [2.75, 3.05) is 9.80 Å². The Morgan fingerprint density at radius 2 is 0.918 bits per heavy atom. The number of benzene rings is 12. The molecule has 0 radical (unpaired) electrons. The molecule has 12 aromatic carbocycles. The molecule has 0 bridgehead atoms. The van der Waals surface area contributed by atoms with Crippen LogP contribution in [-0.4, -0.2) is 4.57 Å². The van der Waals surface area contributed by atoms with E-state index in [9.17, 15) is 0 Å². The van der Waals surface area contributed by atoms with Crippen molar-refractivity contribution in [2.24, 2.45) is 0 Å². The quantitative estimate of drug-likeness (QED) is 0.152. The van der Waals surface area contributed by atoms with E-state index in [1.54, 1.807) is 0 Å². The average molecular weight is 950 g/mol. The van der Waals surface area contributed by atoms with Gasteiger partial charge in [0.15, 0.2) is 0 Å². The summed E-state index contributed by atoms with van der Waals surface area (Å²) in [6.07, 6.45) is 0. The smallest absolute Gasteiger partial charge is 0.135 e. The largest absolute Gasteiger partial charge is 0.456 e. The SMILES string of the molecule is c1ccc(N(c2cc(-c3ccc4c(c3)c3cc5c(ccc6sc7ccccc7c65)cc3n4-c3ccccc3)cc(N(c3ccccc3)c3ccc4oc5ccccc5c4c3)c2)c2ccc3ccccc3c2)cc1. The summed E-state index contributed by atoms with van der Waals surface area (Å²) in [7, 11) is 0. The minimum Gasteiger partial charge on any atom is -0.456 e. The van der Waals surface area contributed by atoms with Gasteiger partial charge in [-0.3, -0.25) is 0 Å². The number of nitrogens with zero attached hydrogens (tertiary/aromatic N) is 3. The highest BCUT2D eigenvalue weighted by atomic mass is 32.1. The summed E-state index contributed by atoms with van der Waals surface area (Å²) in [5, 5.41) is 12.1. The Morgan fingerprint density at radius 3 is 1.70 bits per heavy atom. The molecular weight excluding hydrogens is 907 g/mol. The van der Waals surface area contributed by atoms with E-state index < -0.39 is 0 Å². The van der Waals surface area contributed by atoms with E-state index in [1.807, 2.05) is 23.5 Å². The number of rotatable bonds is 8. The highest BCUT2D eigenvalue weighted by Crippen LogP contribution is 2.47. The van der Waals surface area contributed by atoms with Gasteiger partial charge < -0.3 is 18.8 Å². The van der Waals surface area contributed by atoms with Gasteiger partial charge in [0.2, 0.25) is 0 Å². The van der Waals surface area contributed by atoms with Crippen molar-refractivity contribution in [3.63, 3.8) is 0 Å². The lowest BCUT2D eigenvalue weighted by Gasteiger charge is -2.30. The third kappa shape index (κ3) is 6.81. The fourth-order valence-electron chi connectivity index (χ4n) is 11.3. The normalized spacial score (nSPS) is 11.8. The van der Waals surface area contributed by atoms with Crippen LogP contribution in [0.15, 0.2) is 265 Å². The number of para-hydroxylation sites is 4. The van der Waals surface area contributed by atoms with Crippen LogP contribution in [0.5, 0.6) is 0 Å². The fraction of sp³-hybridized carbons (Fsp3) is 0. The second-order valence-corrected chi connectivity index (χ2v) is 20.0. The maximum Gasteiger partial charge on any atom is 0.135 e. The van der Waals surface area contributed by atoms with E-state index in [4.69, 9.17) is 4.42 Å². The number of hydrogen-bond donors (Lipinski definition) is 0. The molecule has 0 amide bonds. The zero-order valence-corrected chi connectivity index (χ0v) is 40.3. The average Bonchev–Trinajstić information content (AvgIpc) is 4.12.